The highest BCUT2D eigenvalue weighted by Crippen LogP contribution is 2.53. The molecule has 0 aliphatic carbocycles. The number of halogens is 4. The average molecular weight is 488 g/mol. The quantitative estimate of drug-likeness (QED) is 0.414. The summed E-state index contributed by atoms with van der Waals surface area (Å²) in [7, 11) is 0. The molecule has 1 aromatic heterocycles. The molecule has 0 saturated carbocycles. The number of phenols is 1. The summed E-state index contributed by atoms with van der Waals surface area (Å²) in [5.74, 6) is 0.0265. The van der Waals surface area contributed by atoms with E-state index in [1.54, 1.807) is 44.2 Å². The minimum atomic E-state index is -4.56. The lowest BCUT2D eigenvalue weighted by molar-refractivity contribution is -0.165. The molecule has 136 valence electrons. The molecule has 3 aromatic rings. The molecular formula is C20H16F3IOS. The molecule has 0 amide bonds. The largest absolute Gasteiger partial charge is 0.507 e. The molecule has 0 spiro atoms. The molecule has 3 rings (SSSR count). The standard InChI is InChI=1S/C20H16F3IOS/c1-12-10-15(11-13(2)18(12)25)19(20(21,22)23,14-6-4-3-5-7-14)16-8-9-17(24)26-16/h3-11,25H,1-2H3. The van der Waals surface area contributed by atoms with Crippen LogP contribution in [0.25, 0.3) is 0 Å². The SMILES string of the molecule is Cc1cc(C(c2ccccc2)(c2ccc(I)s2)C(F)(F)F)cc(C)c1O. The van der Waals surface area contributed by atoms with Gasteiger partial charge in [0.05, 0.1) is 2.88 Å². The smallest absolute Gasteiger partial charge is 0.407 e. The van der Waals surface area contributed by atoms with Crippen LogP contribution >= 0.6 is 33.9 Å². The Morgan fingerprint density at radius 1 is 0.885 bits per heavy atom. The molecule has 0 fully saturated rings. The number of rotatable bonds is 3. The lowest BCUT2D eigenvalue weighted by Gasteiger charge is -2.36. The molecule has 6 heteroatoms. The normalized spacial score (nSPS) is 14.2. The van der Waals surface area contributed by atoms with Crippen LogP contribution in [0.5, 0.6) is 5.75 Å². The van der Waals surface area contributed by atoms with E-state index in [0.29, 0.717) is 11.1 Å². The Bertz CT molecular complexity index is 911. The lowest BCUT2D eigenvalue weighted by atomic mass is 9.71. The van der Waals surface area contributed by atoms with E-state index in [9.17, 15) is 18.3 Å². The first-order valence-electron chi connectivity index (χ1n) is 7.86. The number of phenolic OH excluding ortho intramolecular Hbond substituents is 1. The van der Waals surface area contributed by atoms with Crippen LogP contribution in [0.3, 0.4) is 0 Å². The highest BCUT2D eigenvalue weighted by Gasteiger charge is 2.59. The van der Waals surface area contributed by atoms with Crippen molar-refractivity contribution in [3.8, 4) is 5.75 Å². The van der Waals surface area contributed by atoms with Gasteiger partial charge in [-0.1, -0.05) is 42.5 Å². The molecule has 0 saturated heterocycles. The first-order chi connectivity index (χ1) is 12.2. The Kier molecular flexibility index (Phi) is 5.09. The highest BCUT2D eigenvalue weighted by molar-refractivity contribution is 14.1. The van der Waals surface area contributed by atoms with Crippen LogP contribution in [0.2, 0.25) is 0 Å². The number of alkyl halides is 3. The highest BCUT2D eigenvalue weighted by atomic mass is 127. The zero-order valence-corrected chi connectivity index (χ0v) is 17.0. The number of aryl methyl sites for hydroxylation is 2. The van der Waals surface area contributed by atoms with Crippen molar-refractivity contribution in [3.63, 3.8) is 0 Å². The van der Waals surface area contributed by atoms with Crippen LogP contribution in [0.1, 0.15) is 27.1 Å². The lowest BCUT2D eigenvalue weighted by Crippen LogP contribution is -2.44. The monoisotopic (exact) mass is 488 g/mol. The van der Waals surface area contributed by atoms with E-state index in [0.717, 1.165) is 14.2 Å². The fourth-order valence-corrected chi connectivity index (χ4v) is 5.17. The Morgan fingerprint density at radius 2 is 1.46 bits per heavy atom. The summed E-state index contributed by atoms with van der Waals surface area (Å²) in [4.78, 5) is 0.213. The molecule has 1 heterocycles. The summed E-state index contributed by atoms with van der Waals surface area (Å²) in [5, 5.41) is 10.1. The minimum Gasteiger partial charge on any atom is -0.507 e. The van der Waals surface area contributed by atoms with Gasteiger partial charge >= 0.3 is 6.18 Å². The third-order valence-electron chi connectivity index (χ3n) is 4.50. The van der Waals surface area contributed by atoms with E-state index < -0.39 is 11.6 Å². The van der Waals surface area contributed by atoms with E-state index >= 15 is 0 Å². The van der Waals surface area contributed by atoms with Gasteiger partial charge in [0.15, 0.2) is 5.41 Å². The van der Waals surface area contributed by atoms with Crippen molar-refractivity contribution in [1.82, 2.24) is 0 Å². The van der Waals surface area contributed by atoms with Gasteiger partial charge in [-0.2, -0.15) is 13.2 Å². The van der Waals surface area contributed by atoms with Gasteiger partial charge in [-0.15, -0.1) is 11.3 Å². The van der Waals surface area contributed by atoms with Crippen molar-refractivity contribution in [3.05, 3.63) is 84.6 Å². The van der Waals surface area contributed by atoms with Gasteiger partial charge in [0, 0.05) is 4.88 Å². The summed E-state index contributed by atoms with van der Waals surface area (Å²) in [6.07, 6.45) is -4.56. The maximum atomic E-state index is 14.7. The second kappa shape index (κ2) is 6.88. The van der Waals surface area contributed by atoms with Gasteiger partial charge in [-0.05, 0) is 70.8 Å². The number of hydrogen-bond acceptors (Lipinski definition) is 2. The van der Waals surface area contributed by atoms with Crippen LogP contribution in [0.4, 0.5) is 13.2 Å². The maximum Gasteiger partial charge on any atom is 0.407 e. The van der Waals surface area contributed by atoms with Crippen molar-refractivity contribution >= 4 is 33.9 Å². The molecule has 0 radical (unpaired) electrons. The fourth-order valence-electron chi connectivity index (χ4n) is 3.29. The van der Waals surface area contributed by atoms with E-state index in [-0.39, 0.29) is 21.8 Å². The van der Waals surface area contributed by atoms with Gasteiger partial charge in [-0.25, -0.2) is 0 Å². The molecule has 1 unspecified atom stereocenters. The van der Waals surface area contributed by atoms with Crippen LogP contribution < -0.4 is 0 Å². The Labute approximate surface area is 167 Å². The summed E-state index contributed by atoms with van der Waals surface area (Å²) in [6, 6.07) is 14.1. The number of benzene rings is 2. The third kappa shape index (κ3) is 3.03. The summed E-state index contributed by atoms with van der Waals surface area (Å²) in [6.45, 7) is 3.24. The summed E-state index contributed by atoms with van der Waals surface area (Å²) >= 11 is 3.17. The second-order valence-corrected chi connectivity index (χ2v) is 9.15. The second-order valence-electron chi connectivity index (χ2n) is 6.18. The summed E-state index contributed by atoms with van der Waals surface area (Å²) < 4.78 is 45.0. The van der Waals surface area contributed by atoms with Crippen LogP contribution in [-0.4, -0.2) is 11.3 Å². The van der Waals surface area contributed by atoms with Gasteiger partial charge in [-0.3, -0.25) is 0 Å². The van der Waals surface area contributed by atoms with E-state index in [1.807, 2.05) is 22.6 Å². The van der Waals surface area contributed by atoms with Crippen molar-refractivity contribution in [2.24, 2.45) is 0 Å². The minimum absolute atomic E-state index is 0.0265. The van der Waals surface area contributed by atoms with Crippen molar-refractivity contribution in [2.75, 3.05) is 0 Å². The molecule has 2 aromatic carbocycles. The molecule has 0 aliphatic rings. The van der Waals surface area contributed by atoms with Crippen LogP contribution in [0.15, 0.2) is 54.6 Å². The fraction of sp³-hybridized carbons (Fsp3) is 0.200. The Hall–Kier alpha value is -1.54. The topological polar surface area (TPSA) is 20.2 Å². The predicted octanol–water partition coefficient (Wildman–Crippen LogP) is 6.57. The molecule has 1 N–H and O–H groups in total. The zero-order chi connectivity index (χ0) is 19.1. The molecule has 0 aliphatic heterocycles. The van der Waals surface area contributed by atoms with Crippen LogP contribution in [-0.2, 0) is 5.41 Å². The van der Waals surface area contributed by atoms with Crippen molar-refractivity contribution < 1.29 is 18.3 Å². The van der Waals surface area contributed by atoms with Gasteiger partial charge < -0.3 is 5.11 Å². The number of hydrogen-bond donors (Lipinski definition) is 1. The van der Waals surface area contributed by atoms with Crippen molar-refractivity contribution in [2.45, 2.75) is 25.4 Å². The van der Waals surface area contributed by atoms with E-state index in [2.05, 4.69) is 0 Å². The van der Waals surface area contributed by atoms with E-state index in [1.165, 1.54) is 24.3 Å². The molecule has 0 bridgehead atoms. The molecule has 26 heavy (non-hydrogen) atoms. The van der Waals surface area contributed by atoms with Gasteiger partial charge in [0.1, 0.15) is 5.75 Å². The average Bonchev–Trinajstić information content (AvgIpc) is 2.99. The maximum absolute atomic E-state index is 14.7. The first kappa shape index (κ1) is 19.2. The van der Waals surface area contributed by atoms with E-state index in [4.69, 9.17) is 0 Å². The Balaban J connectivity index is 2.46. The molecule has 1 atom stereocenters. The molecule has 1 nitrogen and oxygen atoms in total. The number of thiophene rings is 1. The molecular weight excluding hydrogens is 472 g/mol. The summed E-state index contributed by atoms with van der Waals surface area (Å²) in [5.41, 5.74) is -1.16. The van der Waals surface area contributed by atoms with Crippen LogP contribution in [0, 0.1) is 16.7 Å². The number of aromatic hydroxyl groups is 1. The third-order valence-corrected chi connectivity index (χ3v) is 6.51. The first-order valence-corrected chi connectivity index (χ1v) is 9.76. The van der Waals surface area contributed by atoms with Crippen molar-refractivity contribution in [1.29, 1.82) is 0 Å². The zero-order valence-electron chi connectivity index (χ0n) is 14.1. The van der Waals surface area contributed by atoms with Gasteiger partial charge in [0.25, 0.3) is 0 Å². The predicted molar refractivity (Wildman–Crippen MR) is 107 cm³/mol. The van der Waals surface area contributed by atoms with Gasteiger partial charge in [0.2, 0.25) is 0 Å². The Morgan fingerprint density at radius 3 is 1.92 bits per heavy atom.